The van der Waals surface area contributed by atoms with Crippen molar-refractivity contribution in [2.24, 2.45) is 0 Å². The number of aromatic hydroxyl groups is 1. The zero-order valence-electron chi connectivity index (χ0n) is 9.32. The van der Waals surface area contributed by atoms with Crippen LogP contribution < -0.4 is 0 Å². The molecule has 1 aromatic rings. The van der Waals surface area contributed by atoms with E-state index >= 15 is 0 Å². The van der Waals surface area contributed by atoms with Crippen molar-refractivity contribution in [2.45, 2.75) is 13.5 Å². The predicted octanol–water partition coefficient (Wildman–Crippen LogP) is 0.245. The van der Waals surface area contributed by atoms with Gasteiger partial charge in [0.25, 0.3) is 0 Å². The number of carbonyl (C=O) groups excluding carboxylic acids is 1. The first-order valence-electron chi connectivity index (χ1n) is 3.44. The summed E-state index contributed by atoms with van der Waals surface area (Å²) in [5.41, 5.74) is 0.840. The number of hydrogen-bond acceptors (Lipinski definition) is 4. The van der Waals surface area contributed by atoms with E-state index in [4.69, 9.17) is 5.11 Å². The van der Waals surface area contributed by atoms with Gasteiger partial charge in [-0.05, 0) is 6.92 Å². The Balaban J connectivity index is -0.000000480. The van der Waals surface area contributed by atoms with Crippen molar-refractivity contribution in [1.82, 2.24) is 4.98 Å². The molecule has 0 saturated heterocycles. The van der Waals surface area contributed by atoms with Gasteiger partial charge >= 0.3 is 23.1 Å². The maximum Gasteiger partial charge on any atom is 2.00 e. The average Bonchev–Trinajstić information content (AvgIpc) is 2.09. The van der Waals surface area contributed by atoms with Crippen LogP contribution in [0.25, 0.3) is 0 Å². The Morgan fingerprint density at radius 3 is 2.77 bits per heavy atom. The van der Waals surface area contributed by atoms with Crippen LogP contribution in [0.5, 0.6) is 5.75 Å². The van der Waals surface area contributed by atoms with Crippen molar-refractivity contribution < 1.29 is 17.9 Å². The summed E-state index contributed by atoms with van der Waals surface area (Å²) < 4.78 is 0. The maximum atomic E-state index is 10.5. The van der Waals surface area contributed by atoms with Crippen LogP contribution in [0.3, 0.4) is 0 Å². The summed E-state index contributed by atoms with van der Waals surface area (Å²) in [4.78, 5) is 14.2. The smallest absolute Gasteiger partial charge is 1.00 e. The summed E-state index contributed by atoms with van der Waals surface area (Å²) in [7, 11) is 0. The average molecular weight is 193 g/mol. The minimum atomic E-state index is -0.297. The van der Waals surface area contributed by atoms with E-state index in [1.165, 1.54) is 6.20 Å². The number of nitrogens with zero attached hydrogens (tertiary/aromatic N) is 1. The minimum absolute atomic E-state index is 0. The topological polar surface area (TPSA) is 70.4 Å². The van der Waals surface area contributed by atoms with Crippen LogP contribution in [-0.4, -0.2) is 44.5 Å². The van der Waals surface area contributed by atoms with E-state index in [-0.39, 0.29) is 43.8 Å². The molecule has 0 fully saturated rings. The van der Waals surface area contributed by atoms with Crippen LogP contribution in [0.1, 0.15) is 24.5 Å². The maximum absolute atomic E-state index is 10.5. The second kappa shape index (κ2) is 5.16. The molecular weight excluding hydrogens is 182 g/mol. The van der Waals surface area contributed by atoms with Crippen molar-refractivity contribution in [1.29, 1.82) is 0 Å². The van der Waals surface area contributed by atoms with Gasteiger partial charge in [0, 0.05) is 11.8 Å². The van der Waals surface area contributed by atoms with Crippen LogP contribution in [0, 0.1) is 6.92 Å². The number of aryl methyl sites for hydroxylation is 1. The van der Waals surface area contributed by atoms with Gasteiger partial charge in [-0.1, -0.05) is 0 Å². The summed E-state index contributed by atoms with van der Waals surface area (Å²) in [5.74, 6) is -0.156. The number of rotatable bonds is 2. The third kappa shape index (κ3) is 2.39. The fraction of sp³-hybridized carbons (Fsp3) is 0.250. The molecule has 0 aliphatic rings. The van der Waals surface area contributed by atoms with Gasteiger partial charge in [-0.3, -0.25) is 9.78 Å². The molecule has 2 N–H and O–H groups in total. The van der Waals surface area contributed by atoms with E-state index in [1.807, 2.05) is 0 Å². The Hall–Kier alpha value is -0.654. The zero-order valence-corrected chi connectivity index (χ0v) is 8.73. The fourth-order valence-electron chi connectivity index (χ4n) is 0.910. The molecule has 0 saturated carbocycles. The molecule has 1 heterocycles. The second-order valence-electron chi connectivity index (χ2n) is 2.41. The van der Waals surface area contributed by atoms with Crippen LogP contribution in [0.2, 0.25) is 0 Å². The van der Waals surface area contributed by atoms with E-state index in [1.54, 1.807) is 6.92 Å². The van der Waals surface area contributed by atoms with E-state index in [2.05, 4.69) is 4.98 Å². The van der Waals surface area contributed by atoms with Gasteiger partial charge in [0.15, 0.2) is 6.29 Å². The Morgan fingerprint density at radius 1 is 1.69 bits per heavy atom. The second-order valence-corrected chi connectivity index (χ2v) is 2.41. The van der Waals surface area contributed by atoms with Gasteiger partial charge in [0.05, 0.1) is 17.9 Å². The summed E-state index contributed by atoms with van der Waals surface area (Å²) in [6.45, 7) is 1.29. The fourth-order valence-corrected chi connectivity index (χ4v) is 0.910. The molecule has 13 heavy (non-hydrogen) atoms. The number of pyridine rings is 1. The van der Waals surface area contributed by atoms with Crippen LogP contribution in [0.15, 0.2) is 6.20 Å². The van der Waals surface area contributed by atoms with Gasteiger partial charge in [0.2, 0.25) is 0 Å². The number of aromatic nitrogens is 1. The van der Waals surface area contributed by atoms with Gasteiger partial charge in [-0.15, -0.1) is 0 Å². The quantitative estimate of drug-likeness (QED) is 0.522. The molecule has 4 nitrogen and oxygen atoms in total. The Morgan fingerprint density at radius 2 is 2.31 bits per heavy atom. The number of aliphatic hydroxyl groups excluding tert-OH is 1. The number of aldehydes is 1. The minimum Gasteiger partial charge on any atom is -1.00 e. The summed E-state index contributed by atoms with van der Waals surface area (Å²) >= 11 is 0. The summed E-state index contributed by atoms with van der Waals surface area (Å²) in [5, 5.41) is 18.1. The predicted molar refractivity (Wildman–Crippen MR) is 49.9 cm³/mol. The molecule has 0 amide bonds. The van der Waals surface area contributed by atoms with Gasteiger partial charge in [-0.2, -0.15) is 0 Å². The SMILES string of the molecule is Cc1ncc(CO)c(C=O)c1O.[H-].[H-].[Mg+2]. The number of carbonyl (C=O) groups is 1. The molecule has 0 bridgehead atoms. The van der Waals surface area contributed by atoms with Crippen molar-refractivity contribution in [3.63, 3.8) is 0 Å². The van der Waals surface area contributed by atoms with Crippen LogP contribution in [-0.2, 0) is 6.61 Å². The van der Waals surface area contributed by atoms with Gasteiger partial charge < -0.3 is 13.1 Å². The van der Waals surface area contributed by atoms with Crippen molar-refractivity contribution in [3.05, 3.63) is 23.0 Å². The first-order valence-corrected chi connectivity index (χ1v) is 3.44. The molecule has 0 radical (unpaired) electrons. The molecule has 0 atom stereocenters. The van der Waals surface area contributed by atoms with Crippen LogP contribution >= 0.6 is 0 Å². The molecule has 0 spiro atoms. The molecule has 68 valence electrons. The largest absolute Gasteiger partial charge is 2.00 e. The monoisotopic (exact) mass is 193 g/mol. The molecular formula is C8H11MgNO3. The zero-order chi connectivity index (χ0) is 9.14. The molecule has 0 aromatic carbocycles. The van der Waals surface area contributed by atoms with E-state index in [0.717, 1.165) is 0 Å². The standard InChI is InChI=1S/C8H9NO3.Mg.2H/c1-5-8(12)7(4-11)6(3-10)2-9-5;;;/h2,4,10,12H,3H2,1H3;;;/q;+2;2*-1. The molecule has 0 unspecified atom stereocenters. The van der Waals surface area contributed by atoms with E-state index < -0.39 is 0 Å². The summed E-state index contributed by atoms with van der Waals surface area (Å²) in [6, 6.07) is 0. The number of hydrogen-bond donors (Lipinski definition) is 2. The molecule has 0 aliphatic carbocycles. The third-order valence-electron chi connectivity index (χ3n) is 1.65. The van der Waals surface area contributed by atoms with Crippen molar-refractivity contribution >= 4 is 29.3 Å². The normalized spacial score (nSPS) is 9.08. The summed E-state index contributed by atoms with van der Waals surface area (Å²) in [6.07, 6.45) is 1.88. The van der Waals surface area contributed by atoms with Crippen molar-refractivity contribution in [3.8, 4) is 5.75 Å². The molecule has 0 aliphatic heterocycles. The molecule has 1 aromatic heterocycles. The van der Waals surface area contributed by atoms with Gasteiger partial charge in [-0.25, -0.2) is 0 Å². The Labute approximate surface area is 94.7 Å². The molecule has 1 rings (SSSR count). The number of aliphatic hydroxyl groups is 1. The third-order valence-corrected chi connectivity index (χ3v) is 1.65. The Kier molecular flexibility index (Phi) is 4.90. The van der Waals surface area contributed by atoms with E-state index in [9.17, 15) is 9.90 Å². The van der Waals surface area contributed by atoms with Crippen LogP contribution in [0.4, 0.5) is 0 Å². The van der Waals surface area contributed by atoms with Crippen molar-refractivity contribution in [2.75, 3.05) is 0 Å². The van der Waals surface area contributed by atoms with E-state index in [0.29, 0.717) is 17.5 Å². The van der Waals surface area contributed by atoms with Gasteiger partial charge in [0.1, 0.15) is 5.75 Å². The Bertz CT molecular complexity index is 323. The first kappa shape index (κ1) is 12.3. The first-order chi connectivity index (χ1) is 5.70. The molecule has 5 heteroatoms.